The zero-order valence-electron chi connectivity index (χ0n) is 11.4. The molecule has 2 N–H and O–H groups in total. The molecule has 7 heteroatoms. The lowest BCUT2D eigenvalue weighted by atomic mass is 10.3. The third-order valence-corrected chi connectivity index (χ3v) is 2.56. The minimum absolute atomic E-state index is 0.0305. The van der Waals surface area contributed by atoms with Crippen LogP contribution in [0.4, 0.5) is 5.82 Å². The average molecular weight is 265 g/mol. The molecule has 0 saturated heterocycles. The zero-order valence-corrected chi connectivity index (χ0v) is 11.4. The van der Waals surface area contributed by atoms with Gasteiger partial charge in [0.05, 0.1) is 6.54 Å². The standard InChI is InChI=1S/C12H19N5O2/c1-4-13-12(19)9-6-7-10(16-15-9)14-8-11(18)17(3)5-2/h6-7H,4-5,8H2,1-3H3,(H,13,19)(H,14,16). The van der Waals surface area contributed by atoms with Crippen molar-refractivity contribution in [3.05, 3.63) is 17.8 Å². The monoisotopic (exact) mass is 265 g/mol. The number of carbonyl (C=O) groups excluding carboxylic acids is 2. The fourth-order valence-corrected chi connectivity index (χ4v) is 1.28. The summed E-state index contributed by atoms with van der Waals surface area (Å²) in [6.07, 6.45) is 0. The molecule has 0 radical (unpaired) electrons. The first-order chi connectivity index (χ1) is 9.08. The molecule has 1 aromatic rings. The van der Waals surface area contributed by atoms with Gasteiger partial charge in [-0.3, -0.25) is 9.59 Å². The molecule has 0 aliphatic carbocycles. The van der Waals surface area contributed by atoms with Crippen LogP contribution in [0.25, 0.3) is 0 Å². The number of aromatic nitrogens is 2. The predicted molar refractivity (Wildman–Crippen MR) is 71.8 cm³/mol. The third kappa shape index (κ3) is 4.53. The molecule has 1 heterocycles. The summed E-state index contributed by atoms with van der Waals surface area (Å²) < 4.78 is 0. The van der Waals surface area contributed by atoms with Crippen LogP contribution in [-0.4, -0.2) is 53.6 Å². The fourth-order valence-electron chi connectivity index (χ4n) is 1.28. The maximum absolute atomic E-state index is 11.6. The van der Waals surface area contributed by atoms with Crippen LogP contribution >= 0.6 is 0 Å². The number of nitrogens with one attached hydrogen (secondary N) is 2. The van der Waals surface area contributed by atoms with Gasteiger partial charge in [-0.15, -0.1) is 10.2 Å². The van der Waals surface area contributed by atoms with Gasteiger partial charge in [-0.2, -0.15) is 0 Å². The van der Waals surface area contributed by atoms with Crippen LogP contribution in [0.2, 0.25) is 0 Å². The van der Waals surface area contributed by atoms with Crippen LogP contribution < -0.4 is 10.6 Å². The molecular formula is C12H19N5O2. The van der Waals surface area contributed by atoms with Gasteiger partial charge in [-0.1, -0.05) is 0 Å². The van der Waals surface area contributed by atoms with Crippen LogP contribution in [0.5, 0.6) is 0 Å². The number of hydrogen-bond acceptors (Lipinski definition) is 5. The molecule has 0 aliphatic rings. The lowest BCUT2D eigenvalue weighted by molar-refractivity contribution is -0.127. The molecule has 2 amide bonds. The van der Waals surface area contributed by atoms with E-state index in [0.29, 0.717) is 18.9 Å². The second kappa shape index (κ2) is 7.30. The number of amides is 2. The number of anilines is 1. The maximum Gasteiger partial charge on any atom is 0.271 e. The van der Waals surface area contributed by atoms with Crippen LogP contribution in [0, 0.1) is 0 Å². The van der Waals surface area contributed by atoms with E-state index in [1.807, 2.05) is 13.8 Å². The molecule has 19 heavy (non-hydrogen) atoms. The SMILES string of the molecule is CCNC(=O)c1ccc(NCC(=O)N(C)CC)nn1. The number of rotatable bonds is 6. The number of carbonyl (C=O) groups is 2. The average Bonchev–Trinajstić information content (AvgIpc) is 2.44. The summed E-state index contributed by atoms with van der Waals surface area (Å²) >= 11 is 0. The van der Waals surface area contributed by atoms with Crippen molar-refractivity contribution in [1.29, 1.82) is 0 Å². The van der Waals surface area contributed by atoms with Crippen molar-refractivity contribution in [3.8, 4) is 0 Å². The Balaban J connectivity index is 2.53. The molecule has 0 saturated carbocycles. The van der Waals surface area contributed by atoms with E-state index in [-0.39, 0.29) is 24.1 Å². The van der Waals surface area contributed by atoms with Gasteiger partial charge >= 0.3 is 0 Å². The Kier molecular flexibility index (Phi) is 5.72. The van der Waals surface area contributed by atoms with Crippen molar-refractivity contribution in [2.24, 2.45) is 0 Å². The summed E-state index contributed by atoms with van der Waals surface area (Å²) in [7, 11) is 1.73. The predicted octanol–water partition coefficient (Wildman–Crippen LogP) is 0.116. The van der Waals surface area contributed by atoms with E-state index in [9.17, 15) is 9.59 Å². The Hall–Kier alpha value is -2.18. The van der Waals surface area contributed by atoms with E-state index in [4.69, 9.17) is 0 Å². The van der Waals surface area contributed by atoms with Crippen molar-refractivity contribution in [3.63, 3.8) is 0 Å². The highest BCUT2D eigenvalue weighted by Crippen LogP contribution is 2.01. The Morgan fingerprint density at radius 2 is 2.00 bits per heavy atom. The van der Waals surface area contributed by atoms with Crippen molar-refractivity contribution in [2.45, 2.75) is 13.8 Å². The quantitative estimate of drug-likeness (QED) is 0.762. The van der Waals surface area contributed by atoms with Gasteiger partial charge in [-0.25, -0.2) is 0 Å². The summed E-state index contributed by atoms with van der Waals surface area (Å²) in [5, 5.41) is 13.1. The van der Waals surface area contributed by atoms with E-state index in [1.165, 1.54) is 0 Å². The fraction of sp³-hybridized carbons (Fsp3) is 0.500. The van der Waals surface area contributed by atoms with Crippen molar-refractivity contribution >= 4 is 17.6 Å². The lowest BCUT2D eigenvalue weighted by Gasteiger charge is -2.14. The minimum atomic E-state index is -0.261. The molecule has 0 bridgehead atoms. The zero-order chi connectivity index (χ0) is 14.3. The summed E-state index contributed by atoms with van der Waals surface area (Å²) in [6, 6.07) is 3.19. The van der Waals surface area contributed by atoms with Gasteiger partial charge < -0.3 is 15.5 Å². The maximum atomic E-state index is 11.6. The highest BCUT2D eigenvalue weighted by molar-refractivity contribution is 5.92. The summed E-state index contributed by atoms with van der Waals surface area (Å²) in [5.74, 6) is 0.173. The van der Waals surface area contributed by atoms with E-state index >= 15 is 0 Å². The van der Waals surface area contributed by atoms with E-state index < -0.39 is 0 Å². The first-order valence-corrected chi connectivity index (χ1v) is 6.18. The van der Waals surface area contributed by atoms with Crippen LogP contribution in [0.3, 0.4) is 0 Å². The number of likely N-dealkylation sites (N-methyl/N-ethyl adjacent to an activating group) is 1. The largest absolute Gasteiger partial charge is 0.360 e. The van der Waals surface area contributed by atoms with Gasteiger partial charge in [0.15, 0.2) is 5.69 Å². The number of hydrogen-bond donors (Lipinski definition) is 2. The van der Waals surface area contributed by atoms with Gasteiger partial charge in [0.1, 0.15) is 5.82 Å². The molecule has 0 aliphatic heterocycles. The molecule has 0 unspecified atom stereocenters. The van der Waals surface area contributed by atoms with E-state index in [0.717, 1.165) is 0 Å². The van der Waals surface area contributed by atoms with Crippen LogP contribution in [0.15, 0.2) is 12.1 Å². The Bertz CT molecular complexity index is 432. The highest BCUT2D eigenvalue weighted by atomic mass is 16.2. The van der Waals surface area contributed by atoms with Gasteiger partial charge in [0.25, 0.3) is 5.91 Å². The van der Waals surface area contributed by atoms with Gasteiger partial charge in [-0.05, 0) is 26.0 Å². The van der Waals surface area contributed by atoms with Crippen molar-refractivity contribution in [1.82, 2.24) is 20.4 Å². The van der Waals surface area contributed by atoms with Crippen LogP contribution in [-0.2, 0) is 4.79 Å². The normalized spacial score (nSPS) is 9.84. The van der Waals surface area contributed by atoms with Gasteiger partial charge in [0.2, 0.25) is 5.91 Å². The Morgan fingerprint density at radius 1 is 1.26 bits per heavy atom. The second-order valence-corrected chi connectivity index (χ2v) is 3.92. The molecule has 0 atom stereocenters. The minimum Gasteiger partial charge on any atom is -0.360 e. The van der Waals surface area contributed by atoms with E-state index in [2.05, 4.69) is 20.8 Å². The van der Waals surface area contributed by atoms with Crippen molar-refractivity contribution < 1.29 is 9.59 Å². The summed E-state index contributed by atoms with van der Waals surface area (Å²) in [4.78, 5) is 24.6. The molecule has 0 aromatic carbocycles. The molecule has 1 rings (SSSR count). The molecule has 104 valence electrons. The molecule has 0 spiro atoms. The molecular weight excluding hydrogens is 246 g/mol. The van der Waals surface area contributed by atoms with Gasteiger partial charge in [0, 0.05) is 20.1 Å². The Morgan fingerprint density at radius 3 is 2.53 bits per heavy atom. The smallest absolute Gasteiger partial charge is 0.271 e. The summed E-state index contributed by atoms with van der Waals surface area (Å²) in [6.45, 7) is 5.08. The second-order valence-electron chi connectivity index (χ2n) is 3.92. The first-order valence-electron chi connectivity index (χ1n) is 6.18. The topological polar surface area (TPSA) is 87.2 Å². The van der Waals surface area contributed by atoms with Crippen molar-refractivity contribution in [2.75, 3.05) is 32.0 Å². The molecule has 0 fully saturated rings. The lowest BCUT2D eigenvalue weighted by Crippen LogP contribution is -2.32. The number of nitrogens with zero attached hydrogens (tertiary/aromatic N) is 3. The first kappa shape index (κ1) is 14.9. The molecule has 1 aromatic heterocycles. The van der Waals surface area contributed by atoms with Crippen LogP contribution in [0.1, 0.15) is 24.3 Å². The van der Waals surface area contributed by atoms with E-state index in [1.54, 1.807) is 24.1 Å². The highest BCUT2D eigenvalue weighted by Gasteiger charge is 2.08. The summed E-state index contributed by atoms with van der Waals surface area (Å²) in [5.41, 5.74) is 0.254. The molecule has 7 nitrogen and oxygen atoms in total. The third-order valence-electron chi connectivity index (χ3n) is 2.56. The Labute approximate surface area is 112 Å².